The van der Waals surface area contributed by atoms with Gasteiger partial charge in [0.05, 0.1) is 20.8 Å². The third kappa shape index (κ3) is 4.57. The molecule has 0 saturated carbocycles. The summed E-state index contributed by atoms with van der Waals surface area (Å²) in [6.45, 7) is 4.61. The van der Waals surface area contributed by atoms with Gasteiger partial charge in [0.2, 0.25) is 5.91 Å². The second-order valence-electron chi connectivity index (χ2n) is 6.81. The maximum Gasteiger partial charge on any atom is 0.237 e. The van der Waals surface area contributed by atoms with E-state index in [0.29, 0.717) is 43.2 Å². The Morgan fingerprint density at radius 2 is 1.67 bits per heavy atom. The second-order valence-corrected chi connectivity index (χ2v) is 6.81. The Morgan fingerprint density at radius 3 is 2.30 bits per heavy atom. The fourth-order valence-corrected chi connectivity index (χ4v) is 3.23. The predicted octanol–water partition coefficient (Wildman–Crippen LogP) is 3.00. The first-order valence-corrected chi connectivity index (χ1v) is 8.96. The number of hydrogen-bond acceptors (Lipinski definition) is 4. The number of methoxy groups -OCH3 is 2. The van der Waals surface area contributed by atoms with Crippen molar-refractivity contribution in [2.45, 2.75) is 20.0 Å². The van der Waals surface area contributed by atoms with E-state index in [0.717, 1.165) is 5.56 Å². The molecule has 0 atom stereocenters. The lowest BCUT2D eigenvalue weighted by Gasteiger charge is -2.34. The molecular weight excluding hydrogens is 347 g/mol. The molecule has 0 N–H and O–H groups in total. The van der Waals surface area contributed by atoms with Crippen molar-refractivity contribution in [2.24, 2.45) is 0 Å². The maximum atomic E-state index is 14.3. The van der Waals surface area contributed by atoms with Crippen LogP contribution in [0, 0.1) is 12.7 Å². The van der Waals surface area contributed by atoms with Crippen molar-refractivity contribution in [1.82, 2.24) is 9.80 Å². The zero-order valence-corrected chi connectivity index (χ0v) is 16.0. The number of rotatable bonds is 6. The highest BCUT2D eigenvalue weighted by molar-refractivity contribution is 5.79. The zero-order chi connectivity index (χ0) is 19.4. The quantitative estimate of drug-likeness (QED) is 0.782. The topological polar surface area (TPSA) is 42.0 Å². The molecule has 27 heavy (non-hydrogen) atoms. The highest BCUT2D eigenvalue weighted by Crippen LogP contribution is 2.30. The summed E-state index contributed by atoms with van der Waals surface area (Å²) in [6.07, 6.45) is 0. The Balaban J connectivity index is 1.63. The highest BCUT2D eigenvalue weighted by atomic mass is 19.1. The van der Waals surface area contributed by atoms with Crippen LogP contribution in [0.2, 0.25) is 0 Å². The number of amides is 1. The zero-order valence-electron chi connectivity index (χ0n) is 16.0. The van der Waals surface area contributed by atoms with Gasteiger partial charge in [0.1, 0.15) is 5.82 Å². The third-order valence-electron chi connectivity index (χ3n) is 4.84. The van der Waals surface area contributed by atoms with E-state index in [1.165, 1.54) is 25.8 Å². The molecule has 0 aromatic heterocycles. The first kappa shape index (κ1) is 19.2. The summed E-state index contributed by atoms with van der Waals surface area (Å²) in [4.78, 5) is 16.3. The van der Waals surface area contributed by atoms with E-state index in [1.54, 1.807) is 6.07 Å². The van der Waals surface area contributed by atoms with E-state index >= 15 is 0 Å². The van der Waals surface area contributed by atoms with Gasteiger partial charge in [-0.25, -0.2) is 4.39 Å². The lowest BCUT2D eigenvalue weighted by Crippen LogP contribution is -2.49. The number of carbonyl (C=O) groups is 1. The minimum Gasteiger partial charge on any atom is -0.493 e. The lowest BCUT2D eigenvalue weighted by atomic mass is 10.1. The summed E-state index contributed by atoms with van der Waals surface area (Å²) in [7, 11) is 3.00. The molecule has 1 heterocycles. The van der Waals surface area contributed by atoms with Crippen LogP contribution in [0.15, 0.2) is 36.4 Å². The number of hydrogen-bond donors (Lipinski definition) is 0. The van der Waals surface area contributed by atoms with E-state index in [9.17, 15) is 9.18 Å². The van der Waals surface area contributed by atoms with Crippen molar-refractivity contribution in [1.29, 1.82) is 0 Å². The van der Waals surface area contributed by atoms with Gasteiger partial charge in [-0.05, 0) is 18.6 Å². The summed E-state index contributed by atoms with van der Waals surface area (Å²) in [5.74, 6) is 0.542. The first-order valence-electron chi connectivity index (χ1n) is 8.96. The Bertz CT molecular complexity index is 808. The van der Waals surface area contributed by atoms with Crippen LogP contribution in [0.1, 0.15) is 16.7 Å². The van der Waals surface area contributed by atoms with Gasteiger partial charge >= 0.3 is 0 Å². The first-order chi connectivity index (χ1) is 13.0. The molecule has 5 nitrogen and oxygen atoms in total. The third-order valence-corrected chi connectivity index (χ3v) is 4.84. The van der Waals surface area contributed by atoms with Crippen molar-refractivity contribution >= 4 is 5.91 Å². The fraction of sp³-hybridized carbons (Fsp3) is 0.381. The largest absolute Gasteiger partial charge is 0.493 e. The van der Waals surface area contributed by atoms with E-state index in [2.05, 4.69) is 12.1 Å². The number of benzene rings is 2. The number of carbonyl (C=O) groups excluding carboxylic acids is 1. The van der Waals surface area contributed by atoms with Gasteiger partial charge < -0.3 is 14.4 Å². The van der Waals surface area contributed by atoms with Gasteiger partial charge in [-0.1, -0.05) is 29.8 Å². The lowest BCUT2D eigenvalue weighted by molar-refractivity contribution is -0.136. The van der Waals surface area contributed by atoms with Gasteiger partial charge in [0, 0.05) is 37.8 Å². The Labute approximate surface area is 159 Å². The minimum atomic E-state index is -0.359. The van der Waals surface area contributed by atoms with E-state index in [-0.39, 0.29) is 18.3 Å². The highest BCUT2D eigenvalue weighted by Gasteiger charge is 2.25. The van der Waals surface area contributed by atoms with Gasteiger partial charge in [0.25, 0.3) is 0 Å². The smallest absolute Gasteiger partial charge is 0.237 e. The molecule has 1 saturated heterocycles. The molecule has 0 bridgehead atoms. The van der Waals surface area contributed by atoms with Crippen LogP contribution < -0.4 is 9.47 Å². The minimum absolute atomic E-state index is 0.0581. The van der Waals surface area contributed by atoms with E-state index < -0.39 is 0 Å². The molecular formula is C21H25FN2O3. The van der Waals surface area contributed by atoms with Crippen LogP contribution >= 0.6 is 0 Å². The SMILES string of the molecule is COc1cc(F)c(CN2CCN(Cc3ccc(C)cc3)C(=O)C2)cc1OC. The van der Waals surface area contributed by atoms with Crippen molar-refractivity contribution in [3.05, 3.63) is 58.9 Å². The Kier molecular flexibility index (Phi) is 5.96. The number of ether oxygens (including phenoxy) is 2. The standard InChI is InChI=1S/C21H25FN2O3/c1-15-4-6-16(7-5-15)12-24-9-8-23(14-21(24)25)13-17-10-19(26-2)20(27-3)11-18(17)22/h4-7,10-11H,8-9,12-14H2,1-3H3. The molecule has 1 amide bonds. The molecule has 0 spiro atoms. The van der Waals surface area contributed by atoms with Gasteiger partial charge in [-0.3, -0.25) is 9.69 Å². The van der Waals surface area contributed by atoms with Crippen molar-refractivity contribution in [3.8, 4) is 11.5 Å². The average Bonchev–Trinajstić information content (AvgIpc) is 2.66. The molecule has 1 fully saturated rings. The molecule has 0 aliphatic carbocycles. The molecule has 6 heteroatoms. The van der Waals surface area contributed by atoms with E-state index in [4.69, 9.17) is 9.47 Å². The van der Waals surface area contributed by atoms with Gasteiger partial charge in [0.15, 0.2) is 11.5 Å². The average molecular weight is 372 g/mol. The molecule has 1 aliphatic heterocycles. The number of nitrogens with zero attached hydrogens (tertiary/aromatic N) is 2. The van der Waals surface area contributed by atoms with Crippen LogP contribution in [0.5, 0.6) is 11.5 Å². The molecule has 2 aromatic rings. The summed E-state index contributed by atoms with van der Waals surface area (Å²) in [5, 5.41) is 0. The monoisotopic (exact) mass is 372 g/mol. The van der Waals surface area contributed by atoms with Crippen LogP contribution in [0.25, 0.3) is 0 Å². The molecule has 0 radical (unpaired) electrons. The van der Waals surface area contributed by atoms with Gasteiger partial charge in [-0.2, -0.15) is 0 Å². The Morgan fingerprint density at radius 1 is 1.00 bits per heavy atom. The molecule has 2 aromatic carbocycles. The molecule has 1 aliphatic rings. The number of aryl methyl sites for hydroxylation is 1. The normalized spacial score (nSPS) is 15.1. The van der Waals surface area contributed by atoms with Crippen molar-refractivity contribution in [3.63, 3.8) is 0 Å². The molecule has 144 valence electrons. The number of piperazine rings is 1. The predicted molar refractivity (Wildman–Crippen MR) is 101 cm³/mol. The second kappa shape index (κ2) is 8.39. The summed E-state index contributed by atoms with van der Waals surface area (Å²) >= 11 is 0. The Hall–Kier alpha value is -2.60. The summed E-state index contributed by atoms with van der Waals surface area (Å²) in [5.41, 5.74) is 2.81. The van der Waals surface area contributed by atoms with Crippen LogP contribution in [0.3, 0.4) is 0 Å². The van der Waals surface area contributed by atoms with Crippen LogP contribution in [0.4, 0.5) is 4.39 Å². The van der Waals surface area contributed by atoms with Crippen LogP contribution in [-0.2, 0) is 17.9 Å². The van der Waals surface area contributed by atoms with Crippen molar-refractivity contribution in [2.75, 3.05) is 33.9 Å². The number of halogens is 1. The summed E-state index contributed by atoms with van der Waals surface area (Å²) in [6, 6.07) is 11.2. The summed E-state index contributed by atoms with van der Waals surface area (Å²) < 4.78 is 24.7. The molecule has 3 rings (SSSR count). The van der Waals surface area contributed by atoms with Gasteiger partial charge in [-0.15, -0.1) is 0 Å². The van der Waals surface area contributed by atoms with Crippen LogP contribution in [-0.4, -0.2) is 49.6 Å². The molecule has 0 unspecified atom stereocenters. The van der Waals surface area contributed by atoms with Crippen molar-refractivity contribution < 1.29 is 18.7 Å². The van der Waals surface area contributed by atoms with E-state index in [1.807, 2.05) is 28.9 Å². The maximum absolute atomic E-state index is 14.3. The fourth-order valence-electron chi connectivity index (χ4n) is 3.23.